The van der Waals surface area contributed by atoms with Gasteiger partial charge in [0, 0.05) is 30.6 Å². The molecule has 2 heterocycles. The molecule has 0 saturated heterocycles. The summed E-state index contributed by atoms with van der Waals surface area (Å²) in [4.78, 5) is 20.0. The van der Waals surface area contributed by atoms with Gasteiger partial charge in [0.2, 0.25) is 5.91 Å². The van der Waals surface area contributed by atoms with Crippen LogP contribution in [-0.4, -0.2) is 20.4 Å². The summed E-state index contributed by atoms with van der Waals surface area (Å²) in [5.41, 5.74) is 4.45. The number of fused-ring (bicyclic) bond motifs is 2. The predicted octanol–water partition coefficient (Wildman–Crippen LogP) is 3.69. The van der Waals surface area contributed by atoms with E-state index in [1.54, 1.807) is 0 Å². The fourth-order valence-corrected chi connectivity index (χ4v) is 3.40. The van der Waals surface area contributed by atoms with E-state index in [9.17, 15) is 4.79 Å². The number of benzene rings is 2. The molecule has 0 aliphatic heterocycles. The lowest BCUT2D eigenvalue weighted by Gasteiger charge is -2.06. The van der Waals surface area contributed by atoms with Gasteiger partial charge in [0.15, 0.2) is 0 Å². The molecule has 0 fully saturated rings. The highest BCUT2D eigenvalue weighted by Crippen LogP contribution is 2.19. The van der Waals surface area contributed by atoms with Crippen LogP contribution in [0.3, 0.4) is 0 Å². The first-order valence-electron chi connectivity index (χ1n) is 8.94. The fourth-order valence-electron chi connectivity index (χ4n) is 3.40. The van der Waals surface area contributed by atoms with Crippen molar-refractivity contribution in [2.45, 2.75) is 25.8 Å². The molecule has 2 N–H and O–H groups in total. The van der Waals surface area contributed by atoms with E-state index in [1.807, 2.05) is 54.2 Å². The number of nitrogens with one attached hydrogen (secondary N) is 2. The second kappa shape index (κ2) is 7.04. The molecule has 0 aliphatic rings. The van der Waals surface area contributed by atoms with Gasteiger partial charge in [-0.3, -0.25) is 4.79 Å². The number of aromatic nitrogens is 3. The van der Waals surface area contributed by atoms with Gasteiger partial charge in [-0.25, -0.2) is 4.98 Å². The van der Waals surface area contributed by atoms with Crippen LogP contribution in [0.1, 0.15) is 24.2 Å². The first kappa shape index (κ1) is 16.4. The molecule has 2 aromatic carbocycles. The molecular formula is C21H22N4O. The molecule has 5 nitrogen and oxygen atoms in total. The first-order valence-corrected chi connectivity index (χ1v) is 8.94. The molecule has 132 valence electrons. The van der Waals surface area contributed by atoms with E-state index < -0.39 is 0 Å². The third-order valence-electron chi connectivity index (χ3n) is 4.85. The highest BCUT2D eigenvalue weighted by molar-refractivity contribution is 5.83. The third kappa shape index (κ3) is 3.20. The number of nitrogens with zero attached hydrogens (tertiary/aromatic N) is 2. The Hall–Kier alpha value is -3.08. The van der Waals surface area contributed by atoms with E-state index in [1.165, 1.54) is 10.9 Å². The lowest BCUT2D eigenvalue weighted by atomic mass is 10.1. The highest BCUT2D eigenvalue weighted by atomic mass is 16.1. The molecule has 0 aliphatic carbocycles. The molecular weight excluding hydrogens is 324 g/mol. The van der Waals surface area contributed by atoms with Crippen molar-refractivity contribution in [1.82, 2.24) is 19.9 Å². The van der Waals surface area contributed by atoms with Crippen LogP contribution in [0.2, 0.25) is 0 Å². The summed E-state index contributed by atoms with van der Waals surface area (Å²) in [6, 6.07) is 16.3. The number of para-hydroxylation sites is 3. The van der Waals surface area contributed by atoms with Crippen LogP contribution in [0.4, 0.5) is 0 Å². The number of carbonyl (C=O) groups excluding carboxylic acids is 1. The second-order valence-corrected chi connectivity index (χ2v) is 6.57. The van der Waals surface area contributed by atoms with Crippen LogP contribution >= 0.6 is 0 Å². The normalized spacial score (nSPS) is 11.3. The number of carbonyl (C=O) groups is 1. The van der Waals surface area contributed by atoms with Gasteiger partial charge in [0.25, 0.3) is 0 Å². The van der Waals surface area contributed by atoms with Crippen LogP contribution in [0.25, 0.3) is 21.9 Å². The minimum atomic E-state index is 0.0666. The van der Waals surface area contributed by atoms with Crippen molar-refractivity contribution >= 4 is 27.8 Å². The van der Waals surface area contributed by atoms with Gasteiger partial charge in [-0.15, -0.1) is 0 Å². The first-order chi connectivity index (χ1) is 12.7. The topological polar surface area (TPSA) is 62.7 Å². The van der Waals surface area contributed by atoms with Gasteiger partial charge in [-0.1, -0.05) is 30.3 Å². The molecule has 0 saturated carbocycles. The molecule has 0 bridgehead atoms. The zero-order chi connectivity index (χ0) is 17.9. The van der Waals surface area contributed by atoms with Crippen LogP contribution in [0, 0.1) is 0 Å². The molecule has 0 unspecified atom stereocenters. The summed E-state index contributed by atoms with van der Waals surface area (Å²) in [7, 11) is 1.98. The zero-order valence-electron chi connectivity index (χ0n) is 14.8. The summed E-state index contributed by atoms with van der Waals surface area (Å²) in [5.74, 6) is 0.938. The van der Waals surface area contributed by atoms with Crippen LogP contribution in [-0.2, 0) is 24.8 Å². The summed E-state index contributed by atoms with van der Waals surface area (Å²) in [5, 5.41) is 4.23. The van der Waals surface area contributed by atoms with E-state index in [-0.39, 0.29) is 5.91 Å². The number of aryl methyl sites for hydroxylation is 2. The van der Waals surface area contributed by atoms with E-state index in [2.05, 4.69) is 27.4 Å². The molecule has 5 heteroatoms. The van der Waals surface area contributed by atoms with Crippen LogP contribution < -0.4 is 5.32 Å². The number of rotatable bonds is 6. The highest BCUT2D eigenvalue weighted by Gasteiger charge is 2.09. The van der Waals surface area contributed by atoms with E-state index in [4.69, 9.17) is 0 Å². The van der Waals surface area contributed by atoms with Crippen molar-refractivity contribution in [2.24, 2.45) is 7.05 Å². The minimum Gasteiger partial charge on any atom is -0.361 e. The standard InChI is InChI=1S/C21H22N4O/c1-25-19-11-5-4-10-18(19)24-20(25)14-23-21(26)12-6-7-15-13-22-17-9-3-2-8-16(15)17/h2-5,8-11,13,22H,6-7,12,14H2,1H3,(H,23,26). The quantitative estimate of drug-likeness (QED) is 0.559. The lowest BCUT2D eigenvalue weighted by molar-refractivity contribution is -0.121. The molecule has 0 atom stereocenters. The summed E-state index contributed by atoms with van der Waals surface area (Å²) in [6.45, 7) is 0.455. The van der Waals surface area contributed by atoms with Gasteiger partial charge in [0.05, 0.1) is 17.6 Å². The number of aromatic amines is 1. The summed E-state index contributed by atoms with van der Waals surface area (Å²) in [6.07, 6.45) is 4.28. The Morgan fingerprint density at radius 1 is 1.15 bits per heavy atom. The SMILES string of the molecule is Cn1c(CNC(=O)CCCc2c[nH]c3ccccc23)nc2ccccc21. The Balaban J connectivity index is 1.30. The molecule has 0 spiro atoms. The van der Waals surface area contributed by atoms with Crippen molar-refractivity contribution in [2.75, 3.05) is 0 Å². The Kier molecular flexibility index (Phi) is 4.44. The molecule has 2 aromatic heterocycles. The number of hydrogen-bond acceptors (Lipinski definition) is 2. The number of hydrogen-bond donors (Lipinski definition) is 2. The number of H-pyrrole nitrogens is 1. The molecule has 1 amide bonds. The number of imidazole rings is 1. The third-order valence-corrected chi connectivity index (χ3v) is 4.85. The van der Waals surface area contributed by atoms with E-state index in [0.717, 1.165) is 35.2 Å². The fraction of sp³-hybridized carbons (Fsp3) is 0.238. The minimum absolute atomic E-state index is 0.0666. The smallest absolute Gasteiger partial charge is 0.220 e. The van der Waals surface area contributed by atoms with Crippen molar-refractivity contribution < 1.29 is 4.79 Å². The monoisotopic (exact) mass is 346 g/mol. The van der Waals surface area contributed by atoms with Gasteiger partial charge in [-0.2, -0.15) is 0 Å². The maximum absolute atomic E-state index is 12.2. The maximum Gasteiger partial charge on any atom is 0.220 e. The summed E-state index contributed by atoms with van der Waals surface area (Å²) >= 11 is 0. The van der Waals surface area contributed by atoms with Crippen LogP contribution in [0.15, 0.2) is 54.7 Å². The van der Waals surface area contributed by atoms with Crippen molar-refractivity contribution in [3.8, 4) is 0 Å². The van der Waals surface area contributed by atoms with E-state index in [0.29, 0.717) is 13.0 Å². The molecule has 0 radical (unpaired) electrons. The van der Waals surface area contributed by atoms with Gasteiger partial charge >= 0.3 is 0 Å². The Bertz CT molecular complexity index is 1060. The summed E-state index contributed by atoms with van der Waals surface area (Å²) < 4.78 is 2.03. The Morgan fingerprint density at radius 2 is 1.96 bits per heavy atom. The predicted molar refractivity (Wildman–Crippen MR) is 104 cm³/mol. The van der Waals surface area contributed by atoms with Crippen molar-refractivity contribution in [3.63, 3.8) is 0 Å². The largest absolute Gasteiger partial charge is 0.361 e. The van der Waals surface area contributed by atoms with Gasteiger partial charge in [0.1, 0.15) is 5.82 Å². The van der Waals surface area contributed by atoms with Gasteiger partial charge in [-0.05, 0) is 36.6 Å². The molecule has 26 heavy (non-hydrogen) atoms. The molecule has 4 aromatic rings. The second-order valence-electron chi connectivity index (χ2n) is 6.57. The van der Waals surface area contributed by atoms with Gasteiger partial charge < -0.3 is 14.9 Å². The van der Waals surface area contributed by atoms with Crippen molar-refractivity contribution in [3.05, 3.63) is 66.1 Å². The van der Waals surface area contributed by atoms with Crippen molar-refractivity contribution in [1.29, 1.82) is 0 Å². The number of amides is 1. The Labute approximate surface area is 152 Å². The lowest BCUT2D eigenvalue weighted by Crippen LogP contribution is -2.24. The van der Waals surface area contributed by atoms with Crippen LogP contribution in [0.5, 0.6) is 0 Å². The maximum atomic E-state index is 12.2. The Morgan fingerprint density at radius 3 is 2.85 bits per heavy atom. The molecule has 4 rings (SSSR count). The zero-order valence-corrected chi connectivity index (χ0v) is 14.8. The average Bonchev–Trinajstić information content (AvgIpc) is 3.22. The average molecular weight is 346 g/mol. The van der Waals surface area contributed by atoms with E-state index >= 15 is 0 Å².